The van der Waals surface area contributed by atoms with Crippen molar-refractivity contribution < 1.29 is 9.53 Å². The Morgan fingerprint density at radius 1 is 1.08 bits per heavy atom. The number of rotatable bonds is 5. The molecular formula is C20H21N3O2. The van der Waals surface area contributed by atoms with Gasteiger partial charge < -0.3 is 4.74 Å². The monoisotopic (exact) mass is 335 g/mol. The lowest BCUT2D eigenvalue weighted by Gasteiger charge is -2.09. The van der Waals surface area contributed by atoms with Crippen molar-refractivity contribution in [1.82, 2.24) is 0 Å². The fraction of sp³-hybridized carbons (Fsp3) is 0.250. The third kappa shape index (κ3) is 5.01. The smallest absolute Gasteiger partial charge is 0.411 e. The summed E-state index contributed by atoms with van der Waals surface area (Å²) in [4.78, 5) is 20.2. The predicted octanol–water partition coefficient (Wildman–Crippen LogP) is 4.08. The minimum absolute atomic E-state index is 0.130. The van der Waals surface area contributed by atoms with Gasteiger partial charge in [-0.1, -0.05) is 30.3 Å². The normalized spacial score (nSPS) is 15.4. The fourth-order valence-corrected chi connectivity index (χ4v) is 2.77. The van der Waals surface area contributed by atoms with Crippen molar-refractivity contribution in [3.8, 4) is 0 Å². The number of aliphatic imine (C=N–C) groups is 2. The van der Waals surface area contributed by atoms with Crippen LogP contribution in [-0.2, 0) is 17.8 Å². The van der Waals surface area contributed by atoms with Crippen molar-refractivity contribution >= 4 is 24.3 Å². The number of carbonyl (C=O) groups excluding carboxylic acids is 1. The Kier molecular flexibility index (Phi) is 5.23. The van der Waals surface area contributed by atoms with Crippen LogP contribution in [0.3, 0.4) is 0 Å². The fourth-order valence-electron chi connectivity index (χ4n) is 2.77. The predicted molar refractivity (Wildman–Crippen MR) is 101 cm³/mol. The summed E-state index contributed by atoms with van der Waals surface area (Å²) < 4.78 is 5.29. The summed E-state index contributed by atoms with van der Waals surface area (Å²) in [5.74, 6) is 0. The first-order valence-electron chi connectivity index (χ1n) is 8.23. The van der Waals surface area contributed by atoms with Crippen LogP contribution in [0.25, 0.3) is 0 Å². The van der Waals surface area contributed by atoms with Crippen LogP contribution in [-0.4, -0.2) is 24.7 Å². The Balaban J connectivity index is 1.49. The zero-order valence-corrected chi connectivity index (χ0v) is 14.4. The Bertz CT molecular complexity index is 778. The van der Waals surface area contributed by atoms with Crippen LogP contribution in [0.15, 0.2) is 52.4 Å². The van der Waals surface area contributed by atoms with E-state index in [9.17, 15) is 4.79 Å². The SMILES string of the molecule is Cc1cc(C)cc(NC(=O)OCc2ccc(CC3C=NC=N3)cc2)c1. The molecule has 0 aromatic heterocycles. The van der Waals surface area contributed by atoms with Crippen LogP contribution in [0.2, 0.25) is 0 Å². The number of nitrogens with one attached hydrogen (secondary N) is 1. The number of nitrogens with zero attached hydrogens (tertiary/aromatic N) is 2. The average Bonchev–Trinajstić information content (AvgIpc) is 3.06. The van der Waals surface area contributed by atoms with E-state index in [0.29, 0.717) is 0 Å². The summed E-state index contributed by atoms with van der Waals surface area (Å²) in [7, 11) is 0. The van der Waals surface area contributed by atoms with Gasteiger partial charge in [-0.05, 0) is 54.7 Å². The van der Waals surface area contributed by atoms with Crippen molar-refractivity contribution in [3.63, 3.8) is 0 Å². The average molecular weight is 335 g/mol. The van der Waals surface area contributed by atoms with Crippen molar-refractivity contribution in [2.45, 2.75) is 32.9 Å². The van der Waals surface area contributed by atoms with Gasteiger partial charge in [-0.25, -0.2) is 9.79 Å². The lowest BCUT2D eigenvalue weighted by Crippen LogP contribution is -2.13. The third-order valence-corrected chi connectivity index (χ3v) is 3.89. The van der Waals surface area contributed by atoms with Crippen molar-refractivity contribution in [3.05, 3.63) is 64.7 Å². The first-order chi connectivity index (χ1) is 12.1. The summed E-state index contributed by atoms with van der Waals surface area (Å²) >= 11 is 0. The van der Waals surface area contributed by atoms with Crippen LogP contribution in [0.5, 0.6) is 0 Å². The number of carbonyl (C=O) groups is 1. The highest BCUT2D eigenvalue weighted by Gasteiger charge is 2.08. The molecule has 0 spiro atoms. The largest absolute Gasteiger partial charge is 0.444 e. The van der Waals surface area contributed by atoms with Gasteiger partial charge in [-0.2, -0.15) is 0 Å². The molecule has 1 aliphatic heterocycles. The second-order valence-electron chi connectivity index (χ2n) is 6.23. The Labute approximate surface area is 147 Å². The summed E-state index contributed by atoms with van der Waals surface area (Å²) in [6.45, 7) is 4.22. The molecule has 0 bridgehead atoms. The summed E-state index contributed by atoms with van der Waals surface area (Å²) in [5, 5.41) is 2.76. The minimum Gasteiger partial charge on any atom is -0.444 e. The maximum absolute atomic E-state index is 11.9. The second-order valence-corrected chi connectivity index (χ2v) is 6.23. The number of amides is 1. The lowest BCUT2D eigenvalue weighted by atomic mass is 10.1. The van der Waals surface area contributed by atoms with E-state index in [0.717, 1.165) is 28.8 Å². The molecule has 2 aromatic carbocycles. The molecule has 2 aromatic rings. The number of anilines is 1. The van der Waals surface area contributed by atoms with Crippen LogP contribution >= 0.6 is 0 Å². The zero-order chi connectivity index (χ0) is 17.6. The van der Waals surface area contributed by atoms with E-state index in [2.05, 4.69) is 21.4 Å². The number of benzene rings is 2. The molecule has 0 radical (unpaired) electrons. The highest BCUT2D eigenvalue weighted by atomic mass is 16.5. The van der Waals surface area contributed by atoms with E-state index in [1.165, 1.54) is 5.56 Å². The molecule has 1 amide bonds. The standard InChI is InChI=1S/C20H21N3O2/c1-14-7-15(2)9-18(8-14)23-20(24)25-12-17-5-3-16(4-6-17)10-19-11-21-13-22-19/h3-9,11,13,19H,10,12H2,1-2H3,(H,23,24). The van der Waals surface area contributed by atoms with Gasteiger partial charge in [0.2, 0.25) is 0 Å². The highest BCUT2D eigenvalue weighted by molar-refractivity contribution is 5.85. The molecule has 1 unspecified atom stereocenters. The van der Waals surface area contributed by atoms with Crippen LogP contribution < -0.4 is 5.32 Å². The molecule has 5 nitrogen and oxygen atoms in total. The molecule has 0 fully saturated rings. The molecule has 0 saturated heterocycles. The minimum atomic E-state index is -0.453. The molecular weight excluding hydrogens is 314 g/mol. The van der Waals surface area contributed by atoms with Crippen molar-refractivity contribution in [2.24, 2.45) is 9.98 Å². The molecule has 5 heteroatoms. The molecule has 1 aliphatic rings. The van der Waals surface area contributed by atoms with E-state index in [1.54, 1.807) is 6.34 Å². The van der Waals surface area contributed by atoms with E-state index in [-0.39, 0.29) is 12.6 Å². The van der Waals surface area contributed by atoms with Crippen LogP contribution in [0, 0.1) is 13.8 Å². The molecule has 25 heavy (non-hydrogen) atoms. The van der Waals surface area contributed by atoms with Gasteiger partial charge in [0, 0.05) is 11.9 Å². The number of hydrogen-bond acceptors (Lipinski definition) is 4. The molecule has 0 aliphatic carbocycles. The van der Waals surface area contributed by atoms with Gasteiger partial charge in [0.15, 0.2) is 0 Å². The van der Waals surface area contributed by atoms with Crippen LogP contribution in [0.1, 0.15) is 22.3 Å². The van der Waals surface area contributed by atoms with Crippen LogP contribution in [0.4, 0.5) is 10.5 Å². The quantitative estimate of drug-likeness (QED) is 0.895. The molecule has 1 atom stereocenters. The van der Waals surface area contributed by atoms with Gasteiger partial charge in [0.05, 0.1) is 6.04 Å². The zero-order valence-electron chi connectivity index (χ0n) is 14.4. The van der Waals surface area contributed by atoms with Crippen molar-refractivity contribution in [1.29, 1.82) is 0 Å². The van der Waals surface area contributed by atoms with E-state index < -0.39 is 6.09 Å². The molecule has 128 valence electrons. The lowest BCUT2D eigenvalue weighted by molar-refractivity contribution is 0.155. The van der Waals surface area contributed by atoms with Gasteiger partial charge in [0.1, 0.15) is 12.9 Å². The summed E-state index contributed by atoms with van der Waals surface area (Å²) in [6.07, 6.45) is 3.80. The molecule has 1 N–H and O–H groups in total. The Morgan fingerprint density at radius 3 is 2.40 bits per heavy atom. The number of ether oxygens (including phenoxy) is 1. The van der Waals surface area contributed by atoms with Gasteiger partial charge in [0.25, 0.3) is 0 Å². The summed E-state index contributed by atoms with van der Waals surface area (Å²) in [5.41, 5.74) is 5.07. The first kappa shape index (κ1) is 16.9. The maximum atomic E-state index is 11.9. The molecule has 1 heterocycles. The van der Waals surface area contributed by atoms with Gasteiger partial charge >= 0.3 is 6.09 Å². The summed E-state index contributed by atoms with van der Waals surface area (Å²) in [6, 6.07) is 14.0. The Morgan fingerprint density at radius 2 is 1.76 bits per heavy atom. The van der Waals surface area contributed by atoms with E-state index in [1.807, 2.05) is 56.5 Å². The number of hydrogen-bond donors (Lipinski definition) is 1. The number of aryl methyl sites for hydroxylation is 2. The van der Waals surface area contributed by atoms with Gasteiger partial charge in [-0.3, -0.25) is 10.3 Å². The maximum Gasteiger partial charge on any atom is 0.411 e. The molecule has 0 saturated carbocycles. The Hall–Kier alpha value is -2.95. The van der Waals surface area contributed by atoms with Gasteiger partial charge in [-0.15, -0.1) is 0 Å². The topological polar surface area (TPSA) is 63.0 Å². The first-order valence-corrected chi connectivity index (χ1v) is 8.23. The van der Waals surface area contributed by atoms with E-state index in [4.69, 9.17) is 4.74 Å². The third-order valence-electron chi connectivity index (χ3n) is 3.89. The highest BCUT2D eigenvalue weighted by Crippen LogP contribution is 2.15. The second kappa shape index (κ2) is 7.75. The molecule has 3 rings (SSSR count). The van der Waals surface area contributed by atoms with E-state index >= 15 is 0 Å². The van der Waals surface area contributed by atoms with Crippen molar-refractivity contribution in [2.75, 3.05) is 5.32 Å².